The number of amides is 5. The monoisotopic (exact) mass is 446 g/mol. The second-order valence-electron chi connectivity index (χ2n) is 6.45. The average Bonchev–Trinajstić information content (AvgIpc) is 2.65. The molecule has 0 fully saturated rings. The molecule has 0 heterocycles. The van der Waals surface area contributed by atoms with Crippen LogP contribution in [0, 0.1) is 0 Å². The summed E-state index contributed by atoms with van der Waals surface area (Å²) in [4.78, 5) is 80.2. The first-order chi connectivity index (χ1) is 14.3. The number of aliphatic carboxylic acids is 2. The maximum atomic E-state index is 12.5. The van der Waals surface area contributed by atoms with Crippen LogP contribution >= 0.6 is 0 Å². The van der Waals surface area contributed by atoms with Gasteiger partial charge in [-0.05, 0) is 12.8 Å². The Morgan fingerprint density at radius 2 is 1.29 bits per heavy atom. The van der Waals surface area contributed by atoms with Gasteiger partial charge in [-0.2, -0.15) is 0 Å². The second kappa shape index (κ2) is 13.5. The lowest BCUT2D eigenvalue weighted by Gasteiger charge is -2.23. The molecular formula is C16H26N6O9. The van der Waals surface area contributed by atoms with E-state index in [0.717, 1.165) is 0 Å². The lowest BCUT2D eigenvalue weighted by Crippen LogP contribution is -2.57. The van der Waals surface area contributed by atoms with E-state index in [1.807, 2.05) is 5.32 Å². The van der Waals surface area contributed by atoms with Gasteiger partial charge in [-0.25, -0.2) is 0 Å². The lowest BCUT2D eigenvalue weighted by atomic mass is 10.1. The number of primary amides is 2. The molecule has 0 saturated heterocycles. The Balaban J connectivity index is 5.29. The van der Waals surface area contributed by atoms with Crippen molar-refractivity contribution in [2.24, 2.45) is 17.2 Å². The van der Waals surface area contributed by atoms with Crippen molar-refractivity contribution in [2.75, 3.05) is 6.54 Å². The molecule has 0 aromatic heterocycles. The van der Waals surface area contributed by atoms with Gasteiger partial charge in [-0.1, -0.05) is 0 Å². The van der Waals surface area contributed by atoms with Gasteiger partial charge in [-0.15, -0.1) is 0 Å². The van der Waals surface area contributed by atoms with E-state index in [0.29, 0.717) is 0 Å². The number of hydrogen-bond donors (Lipinski definition) is 8. The summed E-state index contributed by atoms with van der Waals surface area (Å²) in [5.74, 6) is -7.26. The van der Waals surface area contributed by atoms with Crippen molar-refractivity contribution in [3.8, 4) is 0 Å². The van der Waals surface area contributed by atoms with Crippen molar-refractivity contribution in [1.29, 1.82) is 0 Å². The van der Waals surface area contributed by atoms with Crippen LogP contribution < -0.4 is 33.2 Å². The van der Waals surface area contributed by atoms with E-state index in [4.69, 9.17) is 27.4 Å². The van der Waals surface area contributed by atoms with E-state index in [2.05, 4.69) is 10.6 Å². The van der Waals surface area contributed by atoms with Crippen LogP contribution in [0.3, 0.4) is 0 Å². The summed E-state index contributed by atoms with van der Waals surface area (Å²) in [6, 6.07) is -4.28. The van der Waals surface area contributed by atoms with E-state index in [9.17, 15) is 33.6 Å². The van der Waals surface area contributed by atoms with Crippen LogP contribution in [0.1, 0.15) is 32.1 Å². The third-order valence-electron chi connectivity index (χ3n) is 3.77. The zero-order chi connectivity index (χ0) is 24.1. The Morgan fingerprint density at radius 1 is 0.710 bits per heavy atom. The smallest absolute Gasteiger partial charge is 0.322 e. The molecule has 0 aliphatic carbocycles. The molecule has 0 bridgehead atoms. The predicted molar refractivity (Wildman–Crippen MR) is 102 cm³/mol. The number of carboxylic acids is 2. The van der Waals surface area contributed by atoms with Crippen LogP contribution in [0.5, 0.6) is 0 Å². The average molecular weight is 446 g/mol. The number of nitrogens with one attached hydrogen (secondary N) is 3. The van der Waals surface area contributed by atoms with Gasteiger partial charge in [0.05, 0.1) is 12.5 Å². The Morgan fingerprint density at radius 3 is 1.77 bits per heavy atom. The molecular weight excluding hydrogens is 420 g/mol. The van der Waals surface area contributed by atoms with Crippen molar-refractivity contribution < 1.29 is 43.8 Å². The van der Waals surface area contributed by atoms with Crippen LogP contribution in [0.2, 0.25) is 0 Å². The molecule has 0 rings (SSSR count). The highest BCUT2D eigenvalue weighted by molar-refractivity contribution is 5.96. The van der Waals surface area contributed by atoms with Gasteiger partial charge in [0, 0.05) is 12.8 Å². The van der Waals surface area contributed by atoms with Crippen LogP contribution in [-0.4, -0.2) is 76.4 Å². The molecule has 31 heavy (non-hydrogen) atoms. The highest BCUT2D eigenvalue weighted by Crippen LogP contribution is 2.02. The van der Waals surface area contributed by atoms with Gasteiger partial charge in [0.2, 0.25) is 29.5 Å². The Bertz CT molecular complexity index is 726. The molecule has 0 aromatic carbocycles. The first-order valence-electron chi connectivity index (χ1n) is 8.97. The second-order valence-corrected chi connectivity index (χ2v) is 6.45. The van der Waals surface area contributed by atoms with Crippen molar-refractivity contribution in [3.05, 3.63) is 0 Å². The maximum Gasteiger partial charge on any atom is 0.322 e. The Kier molecular flexibility index (Phi) is 11.8. The number of carbonyl (C=O) groups is 7. The van der Waals surface area contributed by atoms with Crippen molar-refractivity contribution in [1.82, 2.24) is 16.0 Å². The summed E-state index contributed by atoms with van der Waals surface area (Å²) >= 11 is 0. The standard InChI is InChI=1S/C16H26N6O9/c17-7(1-4-12(25)26)14(29)22-9(5-11(19)24)16(31)21-8(2-3-10(18)23)15(30)20-6-13(27)28/h7-9H,1-6,17H2,(H2,18,23)(H2,19,24)(H,20,30)(H,21,31)(H,22,29)(H,25,26)(H,27,28). The quantitative estimate of drug-likeness (QED) is 0.119. The Labute approximate surface area is 176 Å². The summed E-state index contributed by atoms with van der Waals surface area (Å²) in [7, 11) is 0. The zero-order valence-corrected chi connectivity index (χ0v) is 16.5. The van der Waals surface area contributed by atoms with Gasteiger partial charge in [-0.3, -0.25) is 33.6 Å². The largest absolute Gasteiger partial charge is 0.481 e. The normalized spacial score (nSPS) is 13.2. The van der Waals surface area contributed by atoms with Gasteiger partial charge >= 0.3 is 11.9 Å². The number of carbonyl (C=O) groups excluding carboxylic acids is 5. The molecule has 174 valence electrons. The number of hydrogen-bond acceptors (Lipinski definition) is 8. The van der Waals surface area contributed by atoms with E-state index in [-0.39, 0.29) is 19.3 Å². The van der Waals surface area contributed by atoms with Crippen LogP contribution in [0.15, 0.2) is 0 Å². The highest BCUT2D eigenvalue weighted by atomic mass is 16.4. The lowest BCUT2D eigenvalue weighted by molar-refractivity contribution is -0.139. The number of nitrogens with two attached hydrogens (primary N) is 3. The van der Waals surface area contributed by atoms with Crippen molar-refractivity contribution in [3.63, 3.8) is 0 Å². The predicted octanol–water partition coefficient (Wildman–Crippen LogP) is -4.51. The fourth-order valence-electron chi connectivity index (χ4n) is 2.21. The molecule has 3 atom stereocenters. The molecule has 0 saturated carbocycles. The Hall–Kier alpha value is -3.75. The fourth-order valence-corrected chi connectivity index (χ4v) is 2.21. The molecule has 3 unspecified atom stereocenters. The molecule has 0 spiro atoms. The molecule has 0 aliphatic heterocycles. The zero-order valence-electron chi connectivity index (χ0n) is 16.5. The summed E-state index contributed by atoms with van der Waals surface area (Å²) in [5, 5.41) is 23.6. The topological polar surface area (TPSA) is 274 Å². The number of rotatable bonds is 15. The minimum Gasteiger partial charge on any atom is -0.481 e. The minimum atomic E-state index is -1.57. The fraction of sp³-hybridized carbons (Fsp3) is 0.562. The minimum absolute atomic E-state index is 0.245. The van der Waals surface area contributed by atoms with Crippen LogP contribution in [-0.2, 0) is 33.6 Å². The molecule has 11 N–H and O–H groups in total. The molecule has 0 aromatic rings. The van der Waals surface area contributed by atoms with E-state index < -0.39 is 79.0 Å². The first-order valence-corrected chi connectivity index (χ1v) is 8.97. The summed E-state index contributed by atoms with van der Waals surface area (Å²) < 4.78 is 0. The molecule has 5 amide bonds. The van der Waals surface area contributed by atoms with E-state index in [1.54, 1.807) is 0 Å². The molecule has 15 heteroatoms. The van der Waals surface area contributed by atoms with E-state index >= 15 is 0 Å². The van der Waals surface area contributed by atoms with E-state index in [1.165, 1.54) is 0 Å². The number of carboxylic acid groups (broad SMARTS) is 2. The van der Waals surface area contributed by atoms with Crippen LogP contribution in [0.4, 0.5) is 0 Å². The molecule has 0 radical (unpaired) electrons. The summed E-state index contributed by atoms with van der Waals surface area (Å²) in [6.07, 6.45) is -1.96. The molecule has 0 aliphatic rings. The third-order valence-corrected chi connectivity index (χ3v) is 3.77. The highest BCUT2D eigenvalue weighted by Gasteiger charge is 2.29. The van der Waals surface area contributed by atoms with Crippen molar-refractivity contribution >= 4 is 41.5 Å². The first kappa shape index (κ1) is 27.2. The van der Waals surface area contributed by atoms with Crippen molar-refractivity contribution in [2.45, 2.75) is 50.2 Å². The summed E-state index contributed by atoms with van der Waals surface area (Å²) in [6.45, 7) is -0.762. The van der Waals surface area contributed by atoms with Gasteiger partial charge in [0.25, 0.3) is 0 Å². The van der Waals surface area contributed by atoms with Gasteiger partial charge < -0.3 is 43.4 Å². The SMILES string of the molecule is NC(=O)CCC(NC(=O)C(CC(N)=O)NC(=O)C(N)CCC(=O)O)C(=O)NCC(=O)O. The van der Waals surface area contributed by atoms with Gasteiger partial charge in [0.1, 0.15) is 18.6 Å². The third kappa shape index (κ3) is 12.4. The summed E-state index contributed by atoms with van der Waals surface area (Å²) in [5.41, 5.74) is 15.6. The maximum absolute atomic E-state index is 12.5. The van der Waals surface area contributed by atoms with Crippen LogP contribution in [0.25, 0.3) is 0 Å². The van der Waals surface area contributed by atoms with Gasteiger partial charge in [0.15, 0.2) is 0 Å². The molecule has 15 nitrogen and oxygen atoms in total.